The Morgan fingerprint density at radius 1 is 0.643 bits per heavy atom. The van der Waals surface area contributed by atoms with Crippen LogP contribution in [0.4, 0.5) is 5.69 Å². The fraction of sp³-hybridized carbons (Fsp3) is 0.167. The molecule has 0 spiro atoms. The lowest BCUT2D eigenvalue weighted by Crippen LogP contribution is -2.38. The molecular weight excluding hydrogens is 348 g/mol. The Bertz CT molecular complexity index is 880. The van der Waals surface area contributed by atoms with E-state index in [-0.39, 0.29) is 0 Å². The molecule has 0 unspecified atom stereocenters. The number of anilines is 1. The van der Waals surface area contributed by atoms with Gasteiger partial charge in [0.1, 0.15) is 0 Å². The topological polar surface area (TPSA) is 58.2 Å². The summed E-state index contributed by atoms with van der Waals surface area (Å²) in [4.78, 5) is 25.0. The number of hydrogen-bond donors (Lipinski definition) is 2. The molecule has 3 rings (SSSR count). The summed E-state index contributed by atoms with van der Waals surface area (Å²) in [5, 5.41) is 5.51. The van der Waals surface area contributed by atoms with E-state index in [0.29, 0.717) is 11.6 Å². The van der Waals surface area contributed by atoms with Gasteiger partial charge in [-0.05, 0) is 34.7 Å². The first-order valence-electron chi connectivity index (χ1n) is 9.36. The van der Waals surface area contributed by atoms with Crippen molar-refractivity contribution in [3.8, 4) is 0 Å². The average Bonchev–Trinajstić information content (AvgIpc) is 2.73. The molecule has 3 aromatic carbocycles. The Hall–Kier alpha value is -3.40. The first-order valence-corrected chi connectivity index (χ1v) is 9.36. The maximum Gasteiger partial charge on any atom is 0.313 e. The zero-order valence-electron chi connectivity index (χ0n) is 16.1. The lowest BCUT2D eigenvalue weighted by molar-refractivity contribution is -0.136. The summed E-state index contributed by atoms with van der Waals surface area (Å²) in [6.45, 7) is 4.21. The molecular formula is C24H24N2O2. The maximum atomic E-state index is 12.6. The zero-order valence-corrected chi connectivity index (χ0v) is 16.1. The first kappa shape index (κ1) is 19.4. The zero-order chi connectivity index (χ0) is 19.9. The number of rotatable bonds is 5. The third-order valence-corrected chi connectivity index (χ3v) is 4.58. The van der Waals surface area contributed by atoms with Gasteiger partial charge in [-0.1, -0.05) is 86.6 Å². The lowest BCUT2D eigenvalue weighted by atomic mass is 9.98. The van der Waals surface area contributed by atoms with Gasteiger partial charge in [0.15, 0.2) is 0 Å². The van der Waals surface area contributed by atoms with Gasteiger partial charge in [-0.3, -0.25) is 9.59 Å². The van der Waals surface area contributed by atoms with Gasteiger partial charge >= 0.3 is 11.8 Å². The van der Waals surface area contributed by atoms with E-state index in [2.05, 4.69) is 24.5 Å². The predicted octanol–water partition coefficient (Wildman–Crippen LogP) is 4.65. The third-order valence-electron chi connectivity index (χ3n) is 4.58. The largest absolute Gasteiger partial charge is 0.337 e. The standard InChI is InChI=1S/C24H24N2O2/c1-17(2)18-13-15-21(16-14-18)25-23(27)24(28)26-22(19-9-5-3-6-10-19)20-11-7-4-8-12-20/h3-17,22H,1-2H3,(H,25,27)(H,26,28). The summed E-state index contributed by atoms with van der Waals surface area (Å²) >= 11 is 0. The van der Waals surface area contributed by atoms with E-state index in [1.165, 1.54) is 5.56 Å². The molecule has 0 saturated heterocycles. The van der Waals surface area contributed by atoms with Gasteiger partial charge in [-0.15, -0.1) is 0 Å². The van der Waals surface area contributed by atoms with Crippen LogP contribution in [-0.4, -0.2) is 11.8 Å². The molecule has 0 atom stereocenters. The van der Waals surface area contributed by atoms with E-state index in [4.69, 9.17) is 0 Å². The van der Waals surface area contributed by atoms with Crippen LogP contribution in [0.3, 0.4) is 0 Å². The van der Waals surface area contributed by atoms with Crippen molar-refractivity contribution in [3.63, 3.8) is 0 Å². The Labute approximate surface area is 165 Å². The molecule has 2 amide bonds. The molecule has 0 aromatic heterocycles. The highest BCUT2D eigenvalue weighted by Gasteiger charge is 2.21. The van der Waals surface area contributed by atoms with Gasteiger partial charge < -0.3 is 10.6 Å². The van der Waals surface area contributed by atoms with Crippen molar-refractivity contribution in [2.45, 2.75) is 25.8 Å². The SMILES string of the molecule is CC(C)c1ccc(NC(=O)C(=O)NC(c2ccccc2)c2ccccc2)cc1. The van der Waals surface area contributed by atoms with Gasteiger partial charge in [0, 0.05) is 5.69 Å². The van der Waals surface area contributed by atoms with Crippen LogP contribution in [0.25, 0.3) is 0 Å². The van der Waals surface area contributed by atoms with Crippen molar-refractivity contribution < 1.29 is 9.59 Å². The second-order valence-electron chi connectivity index (χ2n) is 6.96. The fourth-order valence-electron chi connectivity index (χ4n) is 2.99. The number of amides is 2. The van der Waals surface area contributed by atoms with Gasteiger partial charge in [0.05, 0.1) is 6.04 Å². The Morgan fingerprint density at radius 2 is 1.14 bits per heavy atom. The summed E-state index contributed by atoms with van der Waals surface area (Å²) in [5.41, 5.74) is 3.60. The monoisotopic (exact) mass is 372 g/mol. The molecule has 0 bridgehead atoms. The van der Waals surface area contributed by atoms with Gasteiger partial charge in [0.2, 0.25) is 0 Å². The Kier molecular flexibility index (Phi) is 6.22. The van der Waals surface area contributed by atoms with Crippen molar-refractivity contribution in [1.82, 2.24) is 5.32 Å². The van der Waals surface area contributed by atoms with Crippen LogP contribution in [-0.2, 0) is 9.59 Å². The van der Waals surface area contributed by atoms with E-state index < -0.39 is 17.9 Å². The molecule has 0 fully saturated rings. The van der Waals surface area contributed by atoms with Crippen LogP contribution in [0.2, 0.25) is 0 Å². The van der Waals surface area contributed by atoms with E-state index in [0.717, 1.165) is 11.1 Å². The van der Waals surface area contributed by atoms with Crippen molar-refractivity contribution in [2.75, 3.05) is 5.32 Å². The normalized spacial score (nSPS) is 10.7. The van der Waals surface area contributed by atoms with Crippen molar-refractivity contribution in [3.05, 3.63) is 102 Å². The molecule has 0 saturated carbocycles. The number of nitrogens with one attached hydrogen (secondary N) is 2. The van der Waals surface area contributed by atoms with Crippen LogP contribution in [0, 0.1) is 0 Å². The average molecular weight is 372 g/mol. The molecule has 0 radical (unpaired) electrons. The molecule has 4 heteroatoms. The van der Waals surface area contributed by atoms with E-state index in [1.807, 2.05) is 84.9 Å². The van der Waals surface area contributed by atoms with Gasteiger partial charge in [-0.2, -0.15) is 0 Å². The summed E-state index contributed by atoms with van der Waals surface area (Å²) in [5.74, 6) is -0.953. The molecule has 2 N–H and O–H groups in total. The smallest absolute Gasteiger partial charge is 0.313 e. The summed E-state index contributed by atoms with van der Waals surface area (Å²) in [6.07, 6.45) is 0. The number of hydrogen-bond acceptors (Lipinski definition) is 2. The predicted molar refractivity (Wildman–Crippen MR) is 112 cm³/mol. The summed E-state index contributed by atoms with van der Waals surface area (Å²) < 4.78 is 0. The maximum absolute atomic E-state index is 12.6. The second kappa shape index (κ2) is 9.00. The molecule has 0 aliphatic heterocycles. The molecule has 0 heterocycles. The van der Waals surface area contributed by atoms with Crippen LogP contribution < -0.4 is 10.6 Å². The number of carbonyl (C=O) groups excluding carboxylic acids is 2. The van der Waals surface area contributed by atoms with Crippen LogP contribution in [0.15, 0.2) is 84.9 Å². The third kappa shape index (κ3) is 4.86. The second-order valence-corrected chi connectivity index (χ2v) is 6.96. The molecule has 3 aromatic rings. The van der Waals surface area contributed by atoms with E-state index >= 15 is 0 Å². The molecule has 142 valence electrons. The minimum absolute atomic E-state index is 0.399. The van der Waals surface area contributed by atoms with Crippen LogP contribution in [0.1, 0.15) is 42.5 Å². The highest BCUT2D eigenvalue weighted by atomic mass is 16.2. The van der Waals surface area contributed by atoms with Gasteiger partial charge in [0.25, 0.3) is 0 Å². The van der Waals surface area contributed by atoms with Crippen LogP contribution in [0.5, 0.6) is 0 Å². The summed E-state index contributed by atoms with van der Waals surface area (Å²) in [6, 6.07) is 26.3. The molecule has 0 aliphatic carbocycles. The van der Waals surface area contributed by atoms with Crippen molar-refractivity contribution >= 4 is 17.5 Å². The van der Waals surface area contributed by atoms with Gasteiger partial charge in [-0.25, -0.2) is 0 Å². The quantitative estimate of drug-likeness (QED) is 0.640. The van der Waals surface area contributed by atoms with Crippen LogP contribution >= 0.6 is 0 Å². The molecule has 4 nitrogen and oxygen atoms in total. The van der Waals surface area contributed by atoms with E-state index in [1.54, 1.807) is 0 Å². The van der Waals surface area contributed by atoms with Crippen molar-refractivity contribution in [2.24, 2.45) is 0 Å². The number of carbonyl (C=O) groups is 2. The Balaban J connectivity index is 1.73. The number of benzene rings is 3. The van der Waals surface area contributed by atoms with Crippen molar-refractivity contribution in [1.29, 1.82) is 0 Å². The highest BCUT2D eigenvalue weighted by molar-refractivity contribution is 6.39. The first-order chi connectivity index (χ1) is 13.5. The lowest BCUT2D eigenvalue weighted by Gasteiger charge is -2.19. The molecule has 28 heavy (non-hydrogen) atoms. The molecule has 0 aliphatic rings. The minimum Gasteiger partial charge on any atom is -0.337 e. The Morgan fingerprint density at radius 3 is 1.61 bits per heavy atom. The summed E-state index contributed by atoms with van der Waals surface area (Å²) in [7, 11) is 0. The van der Waals surface area contributed by atoms with E-state index in [9.17, 15) is 9.59 Å². The minimum atomic E-state index is -0.686. The highest BCUT2D eigenvalue weighted by Crippen LogP contribution is 2.22. The fourth-order valence-corrected chi connectivity index (χ4v) is 2.99.